The lowest BCUT2D eigenvalue weighted by Gasteiger charge is -2.05. The van der Waals surface area contributed by atoms with Gasteiger partial charge in [0.2, 0.25) is 0 Å². The number of fused-ring (bicyclic) bond motifs is 1. The molecule has 0 radical (unpaired) electrons. The number of aromatic nitrogens is 4. The van der Waals surface area contributed by atoms with Crippen LogP contribution in [0.2, 0.25) is 5.15 Å². The molecule has 4 N–H and O–H groups in total. The van der Waals surface area contributed by atoms with E-state index in [0.717, 1.165) is 11.0 Å². The first kappa shape index (κ1) is 12.9. The molecule has 8 heteroatoms. The van der Waals surface area contributed by atoms with E-state index in [1.54, 1.807) is 0 Å². The summed E-state index contributed by atoms with van der Waals surface area (Å²) in [6.45, 7) is 0. The largest absolute Gasteiger partial charge is 0.383 e. The van der Waals surface area contributed by atoms with Gasteiger partial charge in [-0.1, -0.05) is 23.7 Å². The highest BCUT2D eigenvalue weighted by Gasteiger charge is 2.11. The smallest absolute Gasteiger partial charge is 0.197 e. The van der Waals surface area contributed by atoms with Crippen molar-refractivity contribution in [3.8, 4) is 0 Å². The van der Waals surface area contributed by atoms with Crippen molar-refractivity contribution in [1.82, 2.24) is 19.9 Å². The number of nitrogen functional groups attached to an aromatic ring is 2. The molecule has 0 spiro atoms. The summed E-state index contributed by atoms with van der Waals surface area (Å²) in [4.78, 5) is 16.9. The van der Waals surface area contributed by atoms with Crippen LogP contribution in [0.25, 0.3) is 11.0 Å². The van der Waals surface area contributed by atoms with Gasteiger partial charge in [-0.2, -0.15) is 0 Å². The van der Waals surface area contributed by atoms with Gasteiger partial charge in [-0.25, -0.2) is 19.9 Å². The lowest BCUT2D eigenvalue weighted by Crippen LogP contribution is -1.99. The summed E-state index contributed by atoms with van der Waals surface area (Å²) < 4.78 is 0. The van der Waals surface area contributed by atoms with Gasteiger partial charge in [0.1, 0.15) is 16.7 Å². The molecule has 0 aliphatic heterocycles. The molecule has 1 aromatic carbocycles. The molecule has 0 unspecified atom stereocenters. The molecule has 0 saturated heterocycles. The van der Waals surface area contributed by atoms with Crippen LogP contribution in [-0.2, 0) is 0 Å². The molecule has 0 aliphatic rings. The minimum atomic E-state index is 0.290. The van der Waals surface area contributed by atoms with Crippen LogP contribution in [0.1, 0.15) is 0 Å². The van der Waals surface area contributed by atoms with Crippen LogP contribution in [0.3, 0.4) is 0 Å². The Morgan fingerprint density at radius 2 is 1.50 bits per heavy atom. The van der Waals surface area contributed by atoms with Crippen LogP contribution < -0.4 is 11.5 Å². The fourth-order valence-corrected chi connectivity index (χ4v) is 2.62. The number of halogens is 1. The molecule has 0 atom stereocenters. The zero-order valence-corrected chi connectivity index (χ0v) is 11.7. The molecule has 6 nitrogen and oxygen atoms in total. The quantitative estimate of drug-likeness (QED) is 0.700. The van der Waals surface area contributed by atoms with Gasteiger partial charge in [0.25, 0.3) is 0 Å². The van der Waals surface area contributed by atoms with Gasteiger partial charge in [0.15, 0.2) is 10.3 Å². The molecule has 0 aliphatic carbocycles. The molecule has 3 aromatic rings. The number of hydrogen-bond donors (Lipinski definition) is 2. The van der Waals surface area contributed by atoms with Gasteiger partial charge in [-0.05, 0) is 23.9 Å². The molecule has 0 fully saturated rings. The highest BCUT2D eigenvalue weighted by molar-refractivity contribution is 7.99. The van der Waals surface area contributed by atoms with Gasteiger partial charge in [0.05, 0.1) is 11.0 Å². The maximum Gasteiger partial charge on any atom is 0.197 e. The van der Waals surface area contributed by atoms with Crippen molar-refractivity contribution in [2.75, 3.05) is 11.5 Å². The fraction of sp³-hybridized carbons (Fsp3) is 0. The van der Waals surface area contributed by atoms with Gasteiger partial charge >= 0.3 is 0 Å². The van der Waals surface area contributed by atoms with Crippen molar-refractivity contribution in [3.63, 3.8) is 0 Å². The number of hydrogen-bond acceptors (Lipinski definition) is 7. The second kappa shape index (κ2) is 5.10. The number of nitrogens with two attached hydrogens (primary N) is 2. The van der Waals surface area contributed by atoms with E-state index >= 15 is 0 Å². The molecular formula is C12H9ClN6S. The standard InChI is InChI=1S/C12H9ClN6S/c13-10-11(17-7-4-2-1-3-6(7)16-10)20-12-18-8(14)5-9(15)19-12/h1-5H,(H4,14,15,18,19). The van der Waals surface area contributed by atoms with Crippen molar-refractivity contribution < 1.29 is 0 Å². The molecule has 2 aromatic heterocycles. The summed E-state index contributed by atoms with van der Waals surface area (Å²) in [7, 11) is 0. The Kier molecular flexibility index (Phi) is 3.29. The van der Waals surface area contributed by atoms with Gasteiger partial charge in [0, 0.05) is 6.07 Å². The summed E-state index contributed by atoms with van der Waals surface area (Å²) in [5.74, 6) is 0.592. The van der Waals surface area contributed by atoms with Crippen LogP contribution >= 0.6 is 23.4 Å². The van der Waals surface area contributed by atoms with Gasteiger partial charge < -0.3 is 11.5 Å². The molecular weight excluding hydrogens is 296 g/mol. The molecule has 0 bridgehead atoms. The van der Waals surface area contributed by atoms with E-state index < -0.39 is 0 Å². The van der Waals surface area contributed by atoms with E-state index in [4.69, 9.17) is 23.1 Å². The average Bonchev–Trinajstić information content (AvgIpc) is 2.38. The predicted molar refractivity (Wildman–Crippen MR) is 79.5 cm³/mol. The normalized spacial score (nSPS) is 10.8. The van der Waals surface area contributed by atoms with Crippen LogP contribution in [0, 0.1) is 0 Å². The third-order valence-electron chi connectivity index (χ3n) is 2.43. The minimum absolute atomic E-state index is 0.290. The van der Waals surface area contributed by atoms with Crippen LogP contribution in [0.5, 0.6) is 0 Å². The zero-order chi connectivity index (χ0) is 14.1. The van der Waals surface area contributed by atoms with Crippen LogP contribution in [-0.4, -0.2) is 19.9 Å². The summed E-state index contributed by atoms with van der Waals surface area (Å²) >= 11 is 7.29. The van der Waals surface area contributed by atoms with Crippen molar-refractivity contribution >= 4 is 46.0 Å². The summed E-state index contributed by atoms with van der Waals surface area (Å²) in [6.07, 6.45) is 0. The lowest BCUT2D eigenvalue weighted by atomic mass is 10.3. The Hall–Kier alpha value is -2.12. The predicted octanol–water partition coefficient (Wildman–Crippen LogP) is 2.39. The van der Waals surface area contributed by atoms with Crippen LogP contribution in [0.4, 0.5) is 11.6 Å². The van der Waals surface area contributed by atoms with E-state index in [0.29, 0.717) is 27.0 Å². The molecule has 100 valence electrons. The zero-order valence-electron chi connectivity index (χ0n) is 10.1. The Morgan fingerprint density at radius 1 is 0.900 bits per heavy atom. The summed E-state index contributed by atoms with van der Waals surface area (Å²) in [6, 6.07) is 8.95. The Bertz CT molecular complexity index is 774. The van der Waals surface area contributed by atoms with Crippen molar-refractivity contribution in [2.45, 2.75) is 10.2 Å². The first-order valence-corrected chi connectivity index (χ1v) is 6.81. The summed E-state index contributed by atoms with van der Waals surface area (Å²) in [5.41, 5.74) is 12.7. The fourth-order valence-electron chi connectivity index (χ4n) is 1.62. The second-order valence-corrected chi connectivity index (χ2v) is 5.22. The molecule has 3 rings (SSSR count). The van der Waals surface area contributed by atoms with Crippen molar-refractivity contribution in [3.05, 3.63) is 35.5 Å². The van der Waals surface area contributed by atoms with E-state index in [2.05, 4.69) is 19.9 Å². The van der Waals surface area contributed by atoms with E-state index in [1.165, 1.54) is 17.8 Å². The third kappa shape index (κ3) is 2.59. The van der Waals surface area contributed by atoms with Gasteiger partial charge in [-0.15, -0.1) is 0 Å². The molecule has 0 amide bonds. The SMILES string of the molecule is Nc1cc(N)nc(Sc2nc3ccccc3nc2Cl)n1. The topological polar surface area (TPSA) is 104 Å². The van der Waals surface area contributed by atoms with Crippen molar-refractivity contribution in [2.24, 2.45) is 0 Å². The highest BCUT2D eigenvalue weighted by atomic mass is 35.5. The number of nitrogens with zero attached hydrogens (tertiary/aromatic N) is 4. The van der Waals surface area contributed by atoms with Crippen molar-refractivity contribution in [1.29, 1.82) is 0 Å². The first-order valence-electron chi connectivity index (χ1n) is 5.62. The van der Waals surface area contributed by atoms with E-state index in [-0.39, 0.29) is 0 Å². The molecule has 2 heterocycles. The Morgan fingerprint density at radius 3 is 2.15 bits per heavy atom. The summed E-state index contributed by atoms with van der Waals surface area (Å²) in [5, 5.41) is 1.18. The highest BCUT2D eigenvalue weighted by Crippen LogP contribution is 2.30. The van der Waals surface area contributed by atoms with Gasteiger partial charge in [-0.3, -0.25) is 0 Å². The first-order chi connectivity index (χ1) is 9.61. The minimum Gasteiger partial charge on any atom is -0.383 e. The number of anilines is 2. The van der Waals surface area contributed by atoms with Crippen LogP contribution in [0.15, 0.2) is 40.5 Å². The monoisotopic (exact) mass is 304 g/mol. The number of benzene rings is 1. The molecule has 0 saturated carbocycles. The molecule has 20 heavy (non-hydrogen) atoms. The maximum absolute atomic E-state index is 6.12. The lowest BCUT2D eigenvalue weighted by molar-refractivity contribution is 0.976. The Labute approximate surface area is 123 Å². The second-order valence-electron chi connectivity index (χ2n) is 3.91. The number of para-hydroxylation sites is 2. The average molecular weight is 305 g/mol. The van der Waals surface area contributed by atoms with E-state index in [9.17, 15) is 0 Å². The van der Waals surface area contributed by atoms with E-state index in [1.807, 2.05) is 24.3 Å². The third-order valence-corrected chi connectivity index (χ3v) is 3.65. The Balaban J connectivity index is 2.03. The maximum atomic E-state index is 6.12. The number of rotatable bonds is 2.